The number of nitrogens with one attached hydrogen (secondary N) is 1. The second-order valence-electron chi connectivity index (χ2n) is 3.63. The summed E-state index contributed by atoms with van der Waals surface area (Å²) >= 11 is 0. The second kappa shape index (κ2) is 3.75. The molecule has 0 aromatic heterocycles. The molecular weight excluding hydrogens is 174 g/mol. The molecule has 1 unspecified atom stereocenters. The van der Waals surface area contributed by atoms with E-state index in [9.17, 15) is 8.42 Å². The summed E-state index contributed by atoms with van der Waals surface area (Å²) in [5.74, 6) is 0. The zero-order valence-corrected chi connectivity index (χ0v) is 9.33. The second-order valence-corrected chi connectivity index (χ2v) is 6.22. The van der Waals surface area contributed by atoms with Crippen LogP contribution in [0.15, 0.2) is 0 Å². The molecule has 1 N–H and O–H groups in total. The molecule has 12 heavy (non-hydrogen) atoms. The van der Waals surface area contributed by atoms with Crippen molar-refractivity contribution in [3.63, 3.8) is 0 Å². The van der Waals surface area contributed by atoms with Crippen molar-refractivity contribution >= 4 is 9.84 Å². The van der Waals surface area contributed by atoms with Crippen molar-refractivity contribution in [2.24, 2.45) is 0 Å². The Balaban J connectivity index is 4.83. The molecule has 0 aliphatic carbocycles. The Morgan fingerprint density at radius 1 is 1.42 bits per heavy atom. The molecule has 0 bridgehead atoms. The minimum absolute atomic E-state index is 0.0208. The van der Waals surface area contributed by atoms with Gasteiger partial charge in [-0.05, 0) is 27.3 Å². The van der Waals surface area contributed by atoms with E-state index in [4.69, 9.17) is 0 Å². The molecule has 0 fully saturated rings. The van der Waals surface area contributed by atoms with Gasteiger partial charge in [-0.2, -0.15) is 0 Å². The molecule has 0 radical (unpaired) electrons. The van der Waals surface area contributed by atoms with Crippen LogP contribution < -0.4 is 5.32 Å². The molecule has 0 heterocycles. The third-order valence-corrected chi connectivity index (χ3v) is 4.75. The Morgan fingerprint density at radius 2 is 1.83 bits per heavy atom. The summed E-state index contributed by atoms with van der Waals surface area (Å²) in [4.78, 5) is 0. The SMILES string of the molecule is CCC(NC)C(C)(C)S(C)(=O)=O. The Kier molecular flexibility index (Phi) is 3.72. The van der Waals surface area contributed by atoms with Crippen LogP contribution in [0, 0.1) is 0 Å². The average molecular weight is 193 g/mol. The zero-order chi connectivity index (χ0) is 9.99. The maximum atomic E-state index is 11.4. The lowest BCUT2D eigenvalue weighted by Gasteiger charge is -2.31. The van der Waals surface area contributed by atoms with Crippen LogP contribution in [0.3, 0.4) is 0 Å². The molecule has 0 amide bonds. The van der Waals surface area contributed by atoms with Gasteiger partial charge in [0, 0.05) is 12.3 Å². The van der Waals surface area contributed by atoms with E-state index in [1.165, 1.54) is 6.26 Å². The molecule has 0 rings (SSSR count). The standard InChI is InChI=1S/C8H19NO2S/c1-6-7(9-4)8(2,3)12(5,10)11/h7,9H,6H2,1-5H3. The van der Waals surface area contributed by atoms with Crippen LogP contribution in [0.2, 0.25) is 0 Å². The van der Waals surface area contributed by atoms with Gasteiger partial charge in [-0.15, -0.1) is 0 Å². The molecule has 1 atom stereocenters. The molecule has 74 valence electrons. The van der Waals surface area contributed by atoms with Crippen molar-refractivity contribution in [2.45, 2.75) is 38.0 Å². The summed E-state index contributed by atoms with van der Waals surface area (Å²) in [6.07, 6.45) is 2.10. The third kappa shape index (κ3) is 2.20. The minimum Gasteiger partial charge on any atom is -0.315 e. The molecule has 3 nitrogen and oxygen atoms in total. The monoisotopic (exact) mass is 193 g/mol. The van der Waals surface area contributed by atoms with E-state index in [0.29, 0.717) is 0 Å². The minimum atomic E-state index is -2.99. The fourth-order valence-corrected chi connectivity index (χ4v) is 2.10. The van der Waals surface area contributed by atoms with Crippen LogP contribution in [-0.4, -0.2) is 32.5 Å². The first kappa shape index (κ1) is 11.9. The Hall–Kier alpha value is -0.0900. The van der Waals surface area contributed by atoms with Crippen molar-refractivity contribution in [3.05, 3.63) is 0 Å². The van der Waals surface area contributed by atoms with Gasteiger partial charge in [-0.3, -0.25) is 0 Å². The topological polar surface area (TPSA) is 46.2 Å². The average Bonchev–Trinajstić information content (AvgIpc) is 1.87. The maximum absolute atomic E-state index is 11.4. The molecule has 0 spiro atoms. The highest BCUT2D eigenvalue weighted by Crippen LogP contribution is 2.21. The predicted molar refractivity (Wildman–Crippen MR) is 52.1 cm³/mol. The van der Waals surface area contributed by atoms with E-state index < -0.39 is 14.6 Å². The molecule has 0 aliphatic heterocycles. The highest BCUT2D eigenvalue weighted by Gasteiger charge is 2.36. The van der Waals surface area contributed by atoms with Crippen LogP contribution in [-0.2, 0) is 9.84 Å². The van der Waals surface area contributed by atoms with Gasteiger partial charge in [0.2, 0.25) is 0 Å². The van der Waals surface area contributed by atoms with Gasteiger partial charge in [0.25, 0.3) is 0 Å². The molecule has 0 aliphatic rings. The fraction of sp³-hybridized carbons (Fsp3) is 1.00. The summed E-state index contributed by atoms with van der Waals surface area (Å²) in [6, 6.07) is 0.0208. The van der Waals surface area contributed by atoms with E-state index in [1.807, 2.05) is 6.92 Å². The highest BCUT2D eigenvalue weighted by atomic mass is 32.2. The molecule has 0 saturated carbocycles. The van der Waals surface area contributed by atoms with Crippen molar-refractivity contribution in [1.29, 1.82) is 0 Å². The third-order valence-electron chi connectivity index (χ3n) is 2.55. The van der Waals surface area contributed by atoms with Gasteiger partial charge in [0.15, 0.2) is 9.84 Å². The summed E-state index contributed by atoms with van der Waals surface area (Å²) in [5.41, 5.74) is 0. The van der Waals surface area contributed by atoms with Gasteiger partial charge in [-0.1, -0.05) is 6.92 Å². The van der Waals surface area contributed by atoms with Crippen LogP contribution in [0.1, 0.15) is 27.2 Å². The van der Waals surface area contributed by atoms with Crippen molar-refractivity contribution in [1.82, 2.24) is 5.32 Å². The van der Waals surface area contributed by atoms with Crippen LogP contribution in [0.25, 0.3) is 0 Å². The van der Waals surface area contributed by atoms with Crippen molar-refractivity contribution in [3.8, 4) is 0 Å². The Morgan fingerprint density at radius 3 is 1.92 bits per heavy atom. The van der Waals surface area contributed by atoms with Crippen LogP contribution in [0.5, 0.6) is 0 Å². The van der Waals surface area contributed by atoms with Gasteiger partial charge >= 0.3 is 0 Å². The fourth-order valence-electron chi connectivity index (χ4n) is 1.30. The van der Waals surface area contributed by atoms with Gasteiger partial charge in [0.05, 0.1) is 4.75 Å². The van der Waals surface area contributed by atoms with E-state index in [2.05, 4.69) is 5.32 Å². The largest absolute Gasteiger partial charge is 0.315 e. The zero-order valence-electron chi connectivity index (χ0n) is 8.51. The lowest BCUT2D eigenvalue weighted by Crippen LogP contribution is -2.49. The maximum Gasteiger partial charge on any atom is 0.154 e. The Bertz CT molecular complexity index is 227. The van der Waals surface area contributed by atoms with Crippen LogP contribution >= 0.6 is 0 Å². The summed E-state index contributed by atoms with van der Waals surface area (Å²) in [5, 5.41) is 3.02. The molecule has 0 aromatic carbocycles. The highest BCUT2D eigenvalue weighted by molar-refractivity contribution is 7.92. The molecule has 4 heteroatoms. The summed E-state index contributed by atoms with van der Waals surface area (Å²) < 4.78 is 22.1. The predicted octanol–water partition coefficient (Wildman–Crippen LogP) is 0.808. The lowest BCUT2D eigenvalue weighted by molar-refractivity contribution is 0.423. The summed E-state index contributed by atoms with van der Waals surface area (Å²) in [7, 11) is -1.20. The first-order valence-electron chi connectivity index (χ1n) is 4.14. The molecule has 0 saturated heterocycles. The van der Waals surface area contributed by atoms with E-state index in [1.54, 1.807) is 20.9 Å². The number of rotatable bonds is 4. The quantitative estimate of drug-likeness (QED) is 0.718. The smallest absolute Gasteiger partial charge is 0.154 e. The van der Waals surface area contributed by atoms with Gasteiger partial charge in [-0.25, -0.2) is 8.42 Å². The summed E-state index contributed by atoms with van der Waals surface area (Å²) in [6.45, 7) is 5.49. The Labute approximate surface area is 75.5 Å². The molecular formula is C8H19NO2S. The van der Waals surface area contributed by atoms with Gasteiger partial charge in [0.1, 0.15) is 0 Å². The lowest BCUT2D eigenvalue weighted by atomic mass is 10.0. The van der Waals surface area contributed by atoms with E-state index in [0.717, 1.165) is 6.42 Å². The van der Waals surface area contributed by atoms with Crippen molar-refractivity contribution in [2.75, 3.05) is 13.3 Å². The normalized spacial score (nSPS) is 16.1. The van der Waals surface area contributed by atoms with E-state index in [-0.39, 0.29) is 6.04 Å². The van der Waals surface area contributed by atoms with Crippen LogP contribution in [0.4, 0.5) is 0 Å². The molecule has 0 aromatic rings. The van der Waals surface area contributed by atoms with Crippen molar-refractivity contribution < 1.29 is 8.42 Å². The first-order valence-corrected chi connectivity index (χ1v) is 6.03. The number of hydrogen-bond acceptors (Lipinski definition) is 3. The van der Waals surface area contributed by atoms with Gasteiger partial charge < -0.3 is 5.32 Å². The number of sulfone groups is 1. The first-order chi connectivity index (χ1) is 5.27. The number of hydrogen-bond donors (Lipinski definition) is 1. The van der Waals surface area contributed by atoms with E-state index >= 15 is 0 Å².